The molecule has 3 heterocycles. The number of hydrogen-bond acceptors (Lipinski definition) is 5. The second-order valence-electron chi connectivity index (χ2n) is 5.86. The van der Waals surface area contributed by atoms with Crippen LogP contribution in [0.25, 0.3) is 0 Å². The lowest BCUT2D eigenvalue weighted by Gasteiger charge is -2.33. The smallest absolute Gasteiger partial charge is 0.232 e. The maximum Gasteiger partial charge on any atom is 0.232 e. The molecule has 22 heavy (non-hydrogen) atoms. The molecule has 2 fully saturated rings. The van der Waals surface area contributed by atoms with Crippen molar-refractivity contribution >= 4 is 11.8 Å². The first-order chi connectivity index (χ1) is 10.6. The van der Waals surface area contributed by atoms with Crippen molar-refractivity contribution < 1.29 is 14.3 Å². The van der Waals surface area contributed by atoms with Crippen molar-refractivity contribution in [3.05, 3.63) is 18.6 Å². The molecule has 2 amide bonds. The number of likely N-dealkylation sites (tertiary alicyclic amines) is 2. The van der Waals surface area contributed by atoms with Crippen LogP contribution in [0.2, 0.25) is 0 Å². The molecule has 1 aromatic heterocycles. The summed E-state index contributed by atoms with van der Waals surface area (Å²) in [4.78, 5) is 35.5. The molecule has 0 aromatic carbocycles. The molecule has 2 aliphatic rings. The van der Waals surface area contributed by atoms with Crippen LogP contribution in [0.15, 0.2) is 18.6 Å². The minimum Gasteiger partial charge on any atom is -0.473 e. The van der Waals surface area contributed by atoms with Crippen LogP contribution >= 0.6 is 0 Å². The topological polar surface area (TPSA) is 75.6 Å². The molecule has 2 aliphatic heterocycles. The first-order valence-electron chi connectivity index (χ1n) is 7.59. The Morgan fingerprint density at radius 3 is 2.68 bits per heavy atom. The number of piperidine rings is 1. The molecular weight excluding hydrogens is 284 g/mol. The number of hydrogen-bond donors (Lipinski definition) is 0. The molecule has 118 valence electrons. The predicted octanol–water partition coefficient (Wildman–Crippen LogP) is 0.325. The summed E-state index contributed by atoms with van der Waals surface area (Å²) < 4.78 is 5.77. The van der Waals surface area contributed by atoms with Gasteiger partial charge in [0.05, 0.1) is 12.1 Å². The highest BCUT2D eigenvalue weighted by Gasteiger charge is 2.36. The first kappa shape index (κ1) is 14.7. The second kappa shape index (κ2) is 6.29. The molecule has 1 unspecified atom stereocenters. The molecule has 1 atom stereocenters. The van der Waals surface area contributed by atoms with Crippen LogP contribution in [0.5, 0.6) is 5.88 Å². The fraction of sp³-hybridized carbons (Fsp3) is 0.600. The summed E-state index contributed by atoms with van der Waals surface area (Å²) in [6, 6.07) is 0. The van der Waals surface area contributed by atoms with Crippen molar-refractivity contribution in [2.45, 2.75) is 25.4 Å². The van der Waals surface area contributed by atoms with Gasteiger partial charge in [0.1, 0.15) is 6.10 Å². The van der Waals surface area contributed by atoms with Crippen LogP contribution in [-0.4, -0.2) is 64.4 Å². The van der Waals surface area contributed by atoms with E-state index in [9.17, 15) is 9.59 Å². The number of nitrogens with zero attached hydrogens (tertiary/aromatic N) is 4. The predicted molar refractivity (Wildman–Crippen MR) is 78.0 cm³/mol. The zero-order valence-electron chi connectivity index (χ0n) is 12.6. The molecule has 0 bridgehead atoms. The lowest BCUT2D eigenvalue weighted by atomic mass is 10.0. The number of ether oxygens (including phenoxy) is 1. The molecule has 0 aliphatic carbocycles. The van der Waals surface area contributed by atoms with Crippen molar-refractivity contribution in [1.82, 2.24) is 19.8 Å². The van der Waals surface area contributed by atoms with Gasteiger partial charge in [-0.05, 0) is 0 Å². The number of aromatic nitrogens is 2. The highest BCUT2D eigenvalue weighted by Crippen LogP contribution is 2.22. The van der Waals surface area contributed by atoms with Crippen LogP contribution in [-0.2, 0) is 9.59 Å². The highest BCUT2D eigenvalue weighted by molar-refractivity contribution is 5.89. The van der Waals surface area contributed by atoms with Gasteiger partial charge in [-0.1, -0.05) is 0 Å². The minimum absolute atomic E-state index is 0.0548. The van der Waals surface area contributed by atoms with Gasteiger partial charge in [0.15, 0.2) is 0 Å². The molecular formula is C15H20N4O3. The summed E-state index contributed by atoms with van der Waals surface area (Å²) in [7, 11) is 1.75. The van der Waals surface area contributed by atoms with Crippen molar-refractivity contribution in [3.63, 3.8) is 0 Å². The van der Waals surface area contributed by atoms with Gasteiger partial charge in [-0.25, -0.2) is 4.98 Å². The summed E-state index contributed by atoms with van der Waals surface area (Å²) >= 11 is 0. The van der Waals surface area contributed by atoms with E-state index >= 15 is 0 Å². The first-order valence-corrected chi connectivity index (χ1v) is 7.59. The maximum atomic E-state index is 12.4. The van der Waals surface area contributed by atoms with E-state index in [1.165, 1.54) is 0 Å². The summed E-state index contributed by atoms with van der Waals surface area (Å²) in [6.45, 7) is 1.87. The Morgan fingerprint density at radius 1 is 1.32 bits per heavy atom. The van der Waals surface area contributed by atoms with Crippen molar-refractivity contribution in [2.24, 2.45) is 5.92 Å². The molecule has 7 heteroatoms. The van der Waals surface area contributed by atoms with Gasteiger partial charge in [-0.3, -0.25) is 14.6 Å². The quantitative estimate of drug-likeness (QED) is 0.804. The largest absolute Gasteiger partial charge is 0.473 e. The van der Waals surface area contributed by atoms with E-state index in [2.05, 4.69) is 9.97 Å². The number of carbonyl (C=O) groups excluding carboxylic acids is 2. The molecule has 1 aromatic rings. The fourth-order valence-corrected chi connectivity index (χ4v) is 3.00. The third-order valence-corrected chi connectivity index (χ3v) is 4.27. The summed E-state index contributed by atoms with van der Waals surface area (Å²) in [5.41, 5.74) is 0. The normalized spacial score (nSPS) is 23.0. The zero-order valence-corrected chi connectivity index (χ0v) is 12.6. The lowest BCUT2D eigenvalue weighted by molar-refractivity contribution is -0.137. The third kappa shape index (κ3) is 3.18. The van der Waals surface area contributed by atoms with Crippen LogP contribution in [0, 0.1) is 5.92 Å². The van der Waals surface area contributed by atoms with Crippen LogP contribution in [0.3, 0.4) is 0 Å². The summed E-state index contributed by atoms with van der Waals surface area (Å²) in [6.07, 6.45) is 6.75. The molecule has 0 radical (unpaired) electrons. The summed E-state index contributed by atoms with van der Waals surface area (Å²) in [5.74, 6) is 0.486. The number of amides is 2. The molecule has 0 N–H and O–H groups in total. The van der Waals surface area contributed by atoms with Crippen molar-refractivity contribution in [2.75, 3.05) is 26.7 Å². The molecule has 0 saturated carbocycles. The Kier molecular flexibility index (Phi) is 4.22. The summed E-state index contributed by atoms with van der Waals surface area (Å²) in [5, 5.41) is 0. The van der Waals surface area contributed by atoms with E-state index in [-0.39, 0.29) is 23.8 Å². The van der Waals surface area contributed by atoms with Crippen LogP contribution < -0.4 is 4.74 Å². The molecule has 7 nitrogen and oxygen atoms in total. The van der Waals surface area contributed by atoms with E-state index in [0.29, 0.717) is 31.9 Å². The van der Waals surface area contributed by atoms with Crippen molar-refractivity contribution in [1.29, 1.82) is 0 Å². The zero-order chi connectivity index (χ0) is 15.5. The Morgan fingerprint density at radius 2 is 2.09 bits per heavy atom. The Labute approximate surface area is 129 Å². The van der Waals surface area contributed by atoms with Gasteiger partial charge in [-0.15, -0.1) is 0 Å². The van der Waals surface area contributed by atoms with Gasteiger partial charge in [0.2, 0.25) is 17.7 Å². The number of carbonyl (C=O) groups is 2. The monoisotopic (exact) mass is 304 g/mol. The van der Waals surface area contributed by atoms with E-state index < -0.39 is 0 Å². The molecule has 3 rings (SSSR count). The average molecular weight is 304 g/mol. The van der Waals surface area contributed by atoms with Gasteiger partial charge < -0.3 is 14.5 Å². The molecule has 0 spiro atoms. The minimum atomic E-state index is -0.185. The second-order valence-corrected chi connectivity index (χ2v) is 5.86. The van der Waals surface area contributed by atoms with E-state index in [1.54, 1.807) is 30.5 Å². The van der Waals surface area contributed by atoms with Gasteiger partial charge >= 0.3 is 0 Å². The standard InChI is InChI=1S/C15H20N4O3/c1-18-10-11(8-14(18)20)15(21)19-6-2-12(3-7-19)22-13-9-16-4-5-17-13/h4-5,9,11-12H,2-3,6-8,10H2,1H3. The highest BCUT2D eigenvalue weighted by atomic mass is 16.5. The van der Waals surface area contributed by atoms with Gasteiger partial charge in [-0.2, -0.15) is 0 Å². The SMILES string of the molecule is CN1CC(C(=O)N2CCC(Oc3cnccn3)CC2)CC1=O. The van der Waals surface area contributed by atoms with E-state index in [1.807, 2.05) is 4.90 Å². The number of rotatable bonds is 3. The van der Waals surface area contributed by atoms with Crippen LogP contribution in [0.4, 0.5) is 0 Å². The third-order valence-electron chi connectivity index (χ3n) is 4.27. The van der Waals surface area contributed by atoms with Crippen LogP contribution in [0.1, 0.15) is 19.3 Å². The Balaban J connectivity index is 1.49. The van der Waals surface area contributed by atoms with E-state index in [0.717, 1.165) is 12.8 Å². The van der Waals surface area contributed by atoms with E-state index in [4.69, 9.17) is 4.74 Å². The molecule has 2 saturated heterocycles. The maximum absolute atomic E-state index is 12.4. The van der Waals surface area contributed by atoms with Crippen molar-refractivity contribution in [3.8, 4) is 5.88 Å². The Hall–Kier alpha value is -2.18. The lowest BCUT2D eigenvalue weighted by Crippen LogP contribution is -2.44. The van der Waals surface area contributed by atoms with Gasteiger partial charge in [0, 0.05) is 58.3 Å². The fourth-order valence-electron chi connectivity index (χ4n) is 3.00. The average Bonchev–Trinajstić information content (AvgIpc) is 2.88. The van der Waals surface area contributed by atoms with Gasteiger partial charge in [0.25, 0.3) is 0 Å². The Bertz CT molecular complexity index is 543.